The summed E-state index contributed by atoms with van der Waals surface area (Å²) in [6.45, 7) is 6.50. The second-order valence-corrected chi connectivity index (χ2v) is 8.33. The monoisotopic (exact) mass is 388 g/mol. The molecule has 0 saturated carbocycles. The third-order valence-electron chi connectivity index (χ3n) is 5.36. The van der Waals surface area contributed by atoms with Gasteiger partial charge in [-0.2, -0.15) is 0 Å². The smallest absolute Gasteiger partial charge is 0.298 e. The van der Waals surface area contributed by atoms with E-state index in [9.17, 15) is 9.59 Å². The number of aryl methyl sites for hydroxylation is 1. The van der Waals surface area contributed by atoms with Crippen LogP contribution in [0.15, 0.2) is 64.4 Å². The molecule has 148 valence electrons. The summed E-state index contributed by atoms with van der Waals surface area (Å²) in [6, 6.07) is 13.9. The predicted octanol–water partition coefficient (Wildman–Crippen LogP) is 3.39. The van der Waals surface area contributed by atoms with E-state index in [0.29, 0.717) is 16.7 Å². The van der Waals surface area contributed by atoms with Gasteiger partial charge < -0.3 is 0 Å². The van der Waals surface area contributed by atoms with Gasteiger partial charge in [0.15, 0.2) is 0 Å². The molecule has 0 atom stereocenters. The highest BCUT2D eigenvalue weighted by Crippen LogP contribution is 2.32. The zero-order valence-corrected chi connectivity index (χ0v) is 17.3. The maximum Gasteiger partial charge on any atom is 0.330 e. The summed E-state index contributed by atoms with van der Waals surface area (Å²) in [5, 5.41) is 0.503. The van der Waals surface area contributed by atoms with Gasteiger partial charge in [0.25, 0.3) is 5.56 Å². The first-order valence-electron chi connectivity index (χ1n) is 9.53. The molecule has 0 amide bonds. The molecule has 0 radical (unpaired) electrons. The molecule has 3 aromatic heterocycles. The molecule has 0 fully saturated rings. The number of pyridine rings is 1. The molecule has 0 N–H and O–H groups in total. The molecule has 0 spiro atoms. The minimum Gasteiger partial charge on any atom is -0.298 e. The average Bonchev–Trinajstić information content (AvgIpc) is 3.11. The van der Waals surface area contributed by atoms with Crippen LogP contribution in [0.3, 0.4) is 0 Å². The zero-order chi connectivity index (χ0) is 20.9. The number of fused-ring (bicyclic) bond motifs is 1. The minimum atomic E-state index is -0.352. The second kappa shape index (κ2) is 6.58. The van der Waals surface area contributed by atoms with Crippen molar-refractivity contribution in [1.29, 1.82) is 0 Å². The standard InChI is InChI=1S/C23H24N4O2/c1-23(2,3)16-11-9-15(10-12-16)20-19-17(25(4)22(29)26(5)21(19)28)14-27(20)18-8-6-7-13-24-18/h6-14H,1-5H3. The van der Waals surface area contributed by atoms with Crippen molar-refractivity contribution in [3.05, 3.63) is 81.3 Å². The van der Waals surface area contributed by atoms with Crippen LogP contribution in [0, 0.1) is 0 Å². The highest BCUT2D eigenvalue weighted by Gasteiger charge is 2.21. The van der Waals surface area contributed by atoms with Crippen LogP contribution in [0.2, 0.25) is 0 Å². The number of nitrogens with zero attached hydrogens (tertiary/aromatic N) is 4. The van der Waals surface area contributed by atoms with Gasteiger partial charge in [0, 0.05) is 26.5 Å². The van der Waals surface area contributed by atoms with Gasteiger partial charge in [0.2, 0.25) is 0 Å². The molecule has 0 saturated heterocycles. The Labute approximate surface area is 168 Å². The maximum absolute atomic E-state index is 13.1. The lowest BCUT2D eigenvalue weighted by Gasteiger charge is -2.19. The lowest BCUT2D eigenvalue weighted by atomic mass is 9.86. The summed E-state index contributed by atoms with van der Waals surface area (Å²) in [6.07, 6.45) is 3.52. The molecule has 6 nitrogen and oxygen atoms in total. The predicted molar refractivity (Wildman–Crippen MR) is 116 cm³/mol. The second-order valence-electron chi connectivity index (χ2n) is 8.33. The molecule has 0 aliphatic heterocycles. The zero-order valence-electron chi connectivity index (χ0n) is 17.3. The quantitative estimate of drug-likeness (QED) is 0.529. The summed E-state index contributed by atoms with van der Waals surface area (Å²) < 4.78 is 4.54. The van der Waals surface area contributed by atoms with Gasteiger partial charge in [-0.1, -0.05) is 51.1 Å². The summed E-state index contributed by atoms with van der Waals surface area (Å²) in [4.78, 5) is 30.0. The molecule has 1 aromatic carbocycles. The first-order valence-corrected chi connectivity index (χ1v) is 9.53. The Kier molecular flexibility index (Phi) is 4.30. The first-order chi connectivity index (χ1) is 13.7. The molecule has 6 heteroatoms. The van der Waals surface area contributed by atoms with Crippen LogP contribution in [0.1, 0.15) is 26.3 Å². The van der Waals surface area contributed by atoms with Crippen molar-refractivity contribution in [1.82, 2.24) is 18.7 Å². The van der Waals surface area contributed by atoms with Gasteiger partial charge in [0.1, 0.15) is 5.82 Å². The Bertz CT molecular complexity index is 1320. The minimum absolute atomic E-state index is 0.0314. The van der Waals surface area contributed by atoms with E-state index in [1.54, 1.807) is 13.2 Å². The van der Waals surface area contributed by atoms with Crippen LogP contribution >= 0.6 is 0 Å². The van der Waals surface area contributed by atoms with Gasteiger partial charge in [-0.15, -0.1) is 0 Å². The van der Waals surface area contributed by atoms with Crippen LogP contribution in [0.5, 0.6) is 0 Å². The van der Waals surface area contributed by atoms with Crippen LogP contribution in [-0.2, 0) is 19.5 Å². The van der Waals surface area contributed by atoms with E-state index >= 15 is 0 Å². The lowest BCUT2D eigenvalue weighted by molar-refractivity contribution is 0.590. The van der Waals surface area contributed by atoms with Crippen molar-refractivity contribution in [2.75, 3.05) is 0 Å². The Morgan fingerprint density at radius 3 is 2.17 bits per heavy atom. The summed E-state index contributed by atoms with van der Waals surface area (Å²) in [5.74, 6) is 0.688. The Balaban J connectivity index is 2.11. The van der Waals surface area contributed by atoms with Crippen molar-refractivity contribution >= 4 is 10.9 Å². The molecular formula is C23H24N4O2. The average molecular weight is 388 g/mol. The number of aromatic nitrogens is 4. The topological polar surface area (TPSA) is 61.8 Å². The number of rotatable bonds is 2. The van der Waals surface area contributed by atoms with Crippen molar-refractivity contribution in [3.8, 4) is 17.1 Å². The Morgan fingerprint density at radius 1 is 0.897 bits per heavy atom. The highest BCUT2D eigenvalue weighted by molar-refractivity contribution is 5.94. The fourth-order valence-corrected chi connectivity index (χ4v) is 3.63. The molecule has 0 bridgehead atoms. The van der Waals surface area contributed by atoms with Gasteiger partial charge in [0.05, 0.1) is 16.6 Å². The summed E-state index contributed by atoms with van der Waals surface area (Å²) in [7, 11) is 3.19. The van der Waals surface area contributed by atoms with Crippen LogP contribution < -0.4 is 11.2 Å². The highest BCUT2D eigenvalue weighted by atomic mass is 16.2. The SMILES string of the molecule is Cn1c(=O)c2c(-c3ccc(C(C)(C)C)cc3)n(-c3ccccn3)cc2n(C)c1=O. The first kappa shape index (κ1) is 18.9. The molecule has 4 aromatic rings. The molecule has 3 heterocycles. The van der Waals surface area contributed by atoms with E-state index in [2.05, 4.69) is 37.9 Å². The van der Waals surface area contributed by atoms with E-state index in [1.807, 2.05) is 41.1 Å². The van der Waals surface area contributed by atoms with E-state index in [0.717, 1.165) is 15.8 Å². The molecule has 0 aliphatic rings. The van der Waals surface area contributed by atoms with Gasteiger partial charge >= 0.3 is 5.69 Å². The van der Waals surface area contributed by atoms with Crippen LogP contribution in [0.4, 0.5) is 0 Å². The van der Waals surface area contributed by atoms with Crippen LogP contribution in [-0.4, -0.2) is 18.7 Å². The van der Waals surface area contributed by atoms with E-state index in [1.165, 1.54) is 17.2 Å². The van der Waals surface area contributed by atoms with Gasteiger partial charge in [-0.25, -0.2) is 9.78 Å². The summed E-state index contributed by atoms with van der Waals surface area (Å²) in [5.41, 5.74) is 2.79. The fourth-order valence-electron chi connectivity index (χ4n) is 3.63. The normalized spacial score (nSPS) is 11.9. The molecule has 0 aliphatic carbocycles. The van der Waals surface area contributed by atoms with E-state index in [-0.39, 0.29) is 16.7 Å². The number of hydrogen-bond acceptors (Lipinski definition) is 3. The van der Waals surface area contributed by atoms with Crippen molar-refractivity contribution < 1.29 is 0 Å². The van der Waals surface area contributed by atoms with Crippen LogP contribution in [0.25, 0.3) is 28.0 Å². The Hall–Kier alpha value is -3.41. The fraction of sp³-hybridized carbons (Fsp3) is 0.261. The maximum atomic E-state index is 13.1. The number of hydrogen-bond donors (Lipinski definition) is 0. The van der Waals surface area contributed by atoms with Crippen molar-refractivity contribution in [3.63, 3.8) is 0 Å². The molecular weight excluding hydrogens is 364 g/mol. The van der Waals surface area contributed by atoms with Crippen molar-refractivity contribution in [2.24, 2.45) is 14.1 Å². The molecule has 29 heavy (non-hydrogen) atoms. The van der Waals surface area contributed by atoms with Gasteiger partial charge in [-0.3, -0.25) is 18.5 Å². The Morgan fingerprint density at radius 2 is 1.59 bits per heavy atom. The molecule has 0 unspecified atom stereocenters. The summed E-state index contributed by atoms with van der Waals surface area (Å²) >= 11 is 0. The number of benzene rings is 1. The lowest BCUT2D eigenvalue weighted by Crippen LogP contribution is -2.36. The van der Waals surface area contributed by atoms with E-state index in [4.69, 9.17) is 0 Å². The third kappa shape index (κ3) is 3.01. The third-order valence-corrected chi connectivity index (χ3v) is 5.36. The molecule has 4 rings (SSSR count). The van der Waals surface area contributed by atoms with Gasteiger partial charge in [-0.05, 0) is 28.7 Å². The van der Waals surface area contributed by atoms with E-state index < -0.39 is 0 Å². The van der Waals surface area contributed by atoms with Crippen molar-refractivity contribution in [2.45, 2.75) is 26.2 Å². The largest absolute Gasteiger partial charge is 0.330 e.